The fourth-order valence-electron chi connectivity index (χ4n) is 3.46. The summed E-state index contributed by atoms with van der Waals surface area (Å²) in [6.07, 6.45) is 0. The summed E-state index contributed by atoms with van der Waals surface area (Å²) in [5, 5.41) is 14.0. The second-order valence-electron chi connectivity index (χ2n) is 6.33. The van der Waals surface area contributed by atoms with Gasteiger partial charge in [-0.05, 0) is 24.3 Å². The Hall–Kier alpha value is -2.70. The highest BCUT2D eigenvalue weighted by molar-refractivity contribution is 6.33. The van der Waals surface area contributed by atoms with Gasteiger partial charge in [-0.2, -0.15) is 0 Å². The van der Waals surface area contributed by atoms with Gasteiger partial charge in [0.1, 0.15) is 0 Å². The van der Waals surface area contributed by atoms with Gasteiger partial charge in [0, 0.05) is 37.1 Å². The van der Waals surface area contributed by atoms with Crippen molar-refractivity contribution in [2.24, 2.45) is 0 Å². The first-order valence-corrected chi connectivity index (χ1v) is 9.05. The van der Waals surface area contributed by atoms with Crippen molar-refractivity contribution in [3.63, 3.8) is 0 Å². The molecule has 6 nitrogen and oxygen atoms in total. The van der Waals surface area contributed by atoms with Crippen LogP contribution in [0, 0.1) is 0 Å². The maximum atomic E-state index is 6.45. The molecule has 130 valence electrons. The summed E-state index contributed by atoms with van der Waals surface area (Å²) in [5.74, 6) is 1.58. The van der Waals surface area contributed by atoms with E-state index in [-0.39, 0.29) is 0 Å². The van der Waals surface area contributed by atoms with Gasteiger partial charge in [-0.15, -0.1) is 10.2 Å². The molecule has 0 unspecified atom stereocenters. The Morgan fingerprint density at radius 1 is 0.923 bits per heavy atom. The molecule has 0 amide bonds. The van der Waals surface area contributed by atoms with Gasteiger partial charge in [0.15, 0.2) is 11.5 Å². The largest absolute Gasteiger partial charge is 0.339 e. The van der Waals surface area contributed by atoms with Gasteiger partial charge in [-0.3, -0.25) is 0 Å². The highest BCUT2D eigenvalue weighted by Crippen LogP contribution is 2.31. The summed E-state index contributed by atoms with van der Waals surface area (Å²) >= 11 is 6.45. The van der Waals surface area contributed by atoms with Crippen molar-refractivity contribution in [3.8, 4) is 11.4 Å². The third kappa shape index (κ3) is 2.41. The molecule has 7 heteroatoms. The monoisotopic (exact) mass is 364 g/mol. The molecule has 0 radical (unpaired) electrons. The molecule has 0 atom stereocenters. The molecular formula is C19H17ClN6. The van der Waals surface area contributed by atoms with Gasteiger partial charge in [0.05, 0.1) is 10.5 Å². The van der Waals surface area contributed by atoms with E-state index in [0.29, 0.717) is 5.02 Å². The van der Waals surface area contributed by atoms with Crippen LogP contribution >= 0.6 is 11.6 Å². The fraction of sp³-hybridized carbons (Fsp3) is 0.211. The van der Waals surface area contributed by atoms with Gasteiger partial charge in [-0.25, -0.2) is 9.38 Å². The van der Waals surface area contributed by atoms with Crippen LogP contribution in [0.5, 0.6) is 0 Å². The minimum absolute atomic E-state index is 0.654. The van der Waals surface area contributed by atoms with E-state index in [1.54, 1.807) is 0 Å². The molecule has 0 saturated carbocycles. The van der Waals surface area contributed by atoms with Crippen molar-refractivity contribution in [1.29, 1.82) is 0 Å². The Bertz CT molecular complexity index is 1100. The Morgan fingerprint density at radius 3 is 2.54 bits per heavy atom. The standard InChI is InChI=1S/C19H17ClN6/c20-15-7-3-1-5-13(15)17-23-24-18-14-6-2-4-8-16(14)22-19(26(17)18)25-11-9-21-10-12-25/h1-8,21H,9-12H2. The van der Waals surface area contributed by atoms with Crippen LogP contribution in [0.4, 0.5) is 5.95 Å². The van der Waals surface area contributed by atoms with E-state index < -0.39 is 0 Å². The fourth-order valence-corrected chi connectivity index (χ4v) is 3.68. The molecule has 1 saturated heterocycles. The van der Waals surface area contributed by atoms with Crippen LogP contribution in [0.3, 0.4) is 0 Å². The van der Waals surface area contributed by atoms with Crippen LogP contribution in [0.1, 0.15) is 0 Å². The Kier molecular flexibility index (Phi) is 3.72. The highest BCUT2D eigenvalue weighted by Gasteiger charge is 2.22. The summed E-state index contributed by atoms with van der Waals surface area (Å²) in [6.45, 7) is 3.64. The topological polar surface area (TPSA) is 58.4 Å². The number of nitrogens with zero attached hydrogens (tertiary/aromatic N) is 5. The van der Waals surface area contributed by atoms with E-state index in [9.17, 15) is 0 Å². The number of piperazine rings is 1. The lowest BCUT2D eigenvalue weighted by atomic mass is 10.2. The van der Waals surface area contributed by atoms with E-state index in [1.807, 2.05) is 52.9 Å². The predicted molar refractivity (Wildman–Crippen MR) is 104 cm³/mol. The number of benzene rings is 2. The molecule has 2 aromatic heterocycles. The lowest BCUT2D eigenvalue weighted by Gasteiger charge is -2.29. The first-order valence-electron chi connectivity index (χ1n) is 8.67. The van der Waals surface area contributed by atoms with Crippen LogP contribution in [0.2, 0.25) is 5.02 Å². The highest BCUT2D eigenvalue weighted by atomic mass is 35.5. The van der Waals surface area contributed by atoms with Crippen LogP contribution in [-0.4, -0.2) is 45.8 Å². The van der Waals surface area contributed by atoms with E-state index in [1.165, 1.54) is 0 Å². The maximum Gasteiger partial charge on any atom is 0.213 e. The number of para-hydroxylation sites is 1. The number of rotatable bonds is 2. The maximum absolute atomic E-state index is 6.45. The van der Waals surface area contributed by atoms with Crippen molar-refractivity contribution in [2.45, 2.75) is 0 Å². The SMILES string of the molecule is Clc1ccccc1-c1nnc2c3ccccc3nc(N3CCNCC3)n12. The number of anilines is 1. The normalized spacial score (nSPS) is 15.0. The smallest absolute Gasteiger partial charge is 0.213 e. The number of halogens is 1. The summed E-state index contributed by atoms with van der Waals surface area (Å²) in [7, 11) is 0. The van der Waals surface area contributed by atoms with Crippen LogP contribution in [0.15, 0.2) is 48.5 Å². The zero-order valence-electron chi connectivity index (χ0n) is 14.1. The molecule has 3 heterocycles. The Morgan fingerprint density at radius 2 is 1.69 bits per heavy atom. The Labute approximate surface area is 155 Å². The summed E-state index contributed by atoms with van der Waals surface area (Å²) < 4.78 is 2.04. The number of nitrogens with one attached hydrogen (secondary N) is 1. The van der Waals surface area contributed by atoms with E-state index in [4.69, 9.17) is 16.6 Å². The molecule has 0 bridgehead atoms. The molecule has 1 aliphatic heterocycles. The van der Waals surface area contributed by atoms with Gasteiger partial charge < -0.3 is 10.2 Å². The first kappa shape index (κ1) is 15.5. The van der Waals surface area contributed by atoms with E-state index in [2.05, 4.69) is 20.4 Å². The molecule has 1 aliphatic rings. The second kappa shape index (κ2) is 6.23. The van der Waals surface area contributed by atoms with Crippen molar-refractivity contribution in [3.05, 3.63) is 53.6 Å². The van der Waals surface area contributed by atoms with Gasteiger partial charge >= 0.3 is 0 Å². The van der Waals surface area contributed by atoms with Crippen molar-refractivity contribution < 1.29 is 0 Å². The number of hydrogen-bond donors (Lipinski definition) is 1. The van der Waals surface area contributed by atoms with E-state index >= 15 is 0 Å². The molecular weight excluding hydrogens is 348 g/mol. The van der Waals surface area contributed by atoms with Crippen LogP contribution in [-0.2, 0) is 0 Å². The molecule has 0 spiro atoms. The molecule has 2 aromatic carbocycles. The second-order valence-corrected chi connectivity index (χ2v) is 6.74. The average molecular weight is 365 g/mol. The lowest BCUT2D eigenvalue weighted by Crippen LogP contribution is -2.44. The minimum atomic E-state index is 0.654. The third-order valence-electron chi connectivity index (χ3n) is 4.74. The third-order valence-corrected chi connectivity index (χ3v) is 5.07. The molecule has 1 N–H and O–H groups in total. The molecule has 0 aliphatic carbocycles. The summed E-state index contributed by atoms with van der Waals surface area (Å²) in [6, 6.07) is 15.8. The van der Waals surface area contributed by atoms with Crippen LogP contribution < -0.4 is 10.2 Å². The van der Waals surface area contributed by atoms with E-state index in [0.717, 1.165) is 60.1 Å². The van der Waals surface area contributed by atoms with Crippen molar-refractivity contribution >= 4 is 34.1 Å². The minimum Gasteiger partial charge on any atom is -0.339 e. The summed E-state index contributed by atoms with van der Waals surface area (Å²) in [5.41, 5.74) is 2.58. The molecule has 1 fully saturated rings. The molecule has 5 rings (SSSR count). The van der Waals surface area contributed by atoms with Crippen LogP contribution in [0.25, 0.3) is 27.9 Å². The van der Waals surface area contributed by atoms with Gasteiger partial charge in [0.25, 0.3) is 0 Å². The summed E-state index contributed by atoms with van der Waals surface area (Å²) in [4.78, 5) is 7.23. The average Bonchev–Trinajstić information content (AvgIpc) is 3.14. The quantitative estimate of drug-likeness (QED) is 0.592. The Balaban J connectivity index is 1.85. The first-order chi connectivity index (χ1) is 12.8. The number of aromatic nitrogens is 4. The van der Waals surface area contributed by atoms with Gasteiger partial charge in [0.2, 0.25) is 5.95 Å². The zero-order chi connectivity index (χ0) is 17.5. The molecule has 26 heavy (non-hydrogen) atoms. The zero-order valence-corrected chi connectivity index (χ0v) is 14.8. The number of hydrogen-bond acceptors (Lipinski definition) is 5. The van der Waals surface area contributed by atoms with Crippen molar-refractivity contribution in [2.75, 3.05) is 31.1 Å². The lowest BCUT2D eigenvalue weighted by molar-refractivity contribution is 0.578. The van der Waals surface area contributed by atoms with Crippen molar-refractivity contribution in [1.82, 2.24) is 24.9 Å². The predicted octanol–water partition coefficient (Wildman–Crippen LogP) is 3.01. The number of fused-ring (bicyclic) bond motifs is 3. The van der Waals surface area contributed by atoms with Gasteiger partial charge in [-0.1, -0.05) is 35.9 Å². The molecule has 4 aromatic rings.